The summed E-state index contributed by atoms with van der Waals surface area (Å²) in [7, 11) is 0. The van der Waals surface area contributed by atoms with Crippen LogP contribution in [0, 0.1) is 0 Å². The molecule has 0 bridgehead atoms. The average Bonchev–Trinajstić information content (AvgIpc) is 2.36. The first-order valence-electron chi connectivity index (χ1n) is 5.68. The molecule has 0 radical (unpaired) electrons. The van der Waals surface area contributed by atoms with Gasteiger partial charge in [0.05, 0.1) is 19.3 Å². The van der Waals surface area contributed by atoms with E-state index in [0.29, 0.717) is 18.2 Å². The van der Waals surface area contributed by atoms with E-state index in [9.17, 15) is 0 Å². The van der Waals surface area contributed by atoms with E-state index >= 15 is 0 Å². The van der Waals surface area contributed by atoms with Crippen molar-refractivity contribution >= 4 is 11.6 Å². The Morgan fingerprint density at radius 3 is 2.06 bits per heavy atom. The topological polar surface area (TPSA) is 44.5 Å². The minimum absolute atomic E-state index is 0.0431. The first-order valence-corrected chi connectivity index (χ1v) is 6.06. The number of ether oxygens (including phenoxy) is 2. The molecule has 0 atom stereocenters. The van der Waals surface area contributed by atoms with Crippen LogP contribution in [0.15, 0.2) is 36.4 Å². The number of hydrogen-bond acceptors (Lipinski definition) is 3. The lowest BCUT2D eigenvalue weighted by atomic mass is 10.3. The van der Waals surface area contributed by atoms with Crippen molar-refractivity contribution in [2.45, 2.75) is 33.1 Å². The van der Waals surface area contributed by atoms with Gasteiger partial charge in [-0.25, -0.2) is 0 Å². The second kappa shape index (κ2) is 13.5. The lowest BCUT2D eigenvalue weighted by molar-refractivity contribution is -0.157. The van der Waals surface area contributed by atoms with Gasteiger partial charge in [0.2, 0.25) is 0 Å². The monoisotopic (exact) mass is 261 g/mol. The molecule has 17 heavy (non-hydrogen) atoms. The first-order chi connectivity index (χ1) is 8.10. The Bertz CT molecular complexity index is 221. The van der Waals surface area contributed by atoms with E-state index in [1.54, 1.807) is 0 Å². The van der Waals surface area contributed by atoms with Gasteiger partial charge in [0.1, 0.15) is 0 Å². The highest BCUT2D eigenvalue weighted by molar-refractivity contribution is 6.30. The summed E-state index contributed by atoms with van der Waals surface area (Å²) in [6.45, 7) is 13.8. The largest absolute Gasteiger partial charge is 0.347 e. The van der Waals surface area contributed by atoms with Gasteiger partial charge in [0.25, 0.3) is 0 Å². The van der Waals surface area contributed by atoms with Crippen molar-refractivity contribution in [3.63, 3.8) is 0 Å². The highest BCUT2D eigenvalue weighted by Gasteiger charge is 2.15. The molecule has 1 heterocycles. The minimum atomic E-state index is -0.176. The lowest BCUT2D eigenvalue weighted by Gasteiger charge is -2.24. The highest BCUT2D eigenvalue weighted by Crippen LogP contribution is 2.04. The number of allylic oxidation sites excluding steroid dienone is 3. The van der Waals surface area contributed by atoms with Crippen LogP contribution in [0.25, 0.3) is 0 Å². The molecule has 0 aliphatic carbocycles. The van der Waals surface area contributed by atoms with Crippen LogP contribution in [0.5, 0.6) is 0 Å². The number of halogens is 1. The number of nitrogens with two attached hydrogens (primary N) is 1. The Hall–Kier alpha value is -0.610. The quantitative estimate of drug-likeness (QED) is 0.613. The van der Waals surface area contributed by atoms with Gasteiger partial charge in [-0.3, -0.25) is 0 Å². The second-order valence-electron chi connectivity index (χ2n) is 2.97. The molecule has 1 aliphatic heterocycles. The SMILES string of the molecule is C/C=C/C1OCC(N)CO1.C=CC(=C)Cl.CC. The summed E-state index contributed by atoms with van der Waals surface area (Å²) >= 11 is 5.15. The second-order valence-corrected chi connectivity index (χ2v) is 3.46. The maximum absolute atomic E-state index is 5.52. The average molecular weight is 262 g/mol. The fraction of sp³-hybridized carbons (Fsp3) is 0.538. The third kappa shape index (κ3) is 13.3. The van der Waals surface area contributed by atoms with Gasteiger partial charge in [0.15, 0.2) is 6.29 Å². The summed E-state index contributed by atoms with van der Waals surface area (Å²) in [6.07, 6.45) is 5.08. The maximum Gasteiger partial charge on any atom is 0.176 e. The predicted molar refractivity (Wildman–Crippen MR) is 75.0 cm³/mol. The maximum atomic E-state index is 5.52. The Morgan fingerprint density at radius 2 is 1.76 bits per heavy atom. The van der Waals surface area contributed by atoms with Crippen LogP contribution in [0.3, 0.4) is 0 Å². The first kappa shape index (κ1) is 18.7. The van der Waals surface area contributed by atoms with Crippen LogP contribution < -0.4 is 5.73 Å². The summed E-state index contributed by atoms with van der Waals surface area (Å²) in [5.41, 5.74) is 5.52. The molecular weight excluding hydrogens is 238 g/mol. The van der Waals surface area contributed by atoms with Crippen molar-refractivity contribution in [2.24, 2.45) is 5.73 Å². The predicted octanol–water partition coefficient (Wildman–Crippen LogP) is 3.21. The van der Waals surface area contributed by atoms with E-state index in [2.05, 4.69) is 13.2 Å². The van der Waals surface area contributed by atoms with Crippen LogP contribution >= 0.6 is 11.6 Å². The van der Waals surface area contributed by atoms with Gasteiger partial charge >= 0.3 is 0 Å². The number of hydrogen-bond donors (Lipinski definition) is 1. The summed E-state index contributed by atoms with van der Waals surface area (Å²) < 4.78 is 10.4. The molecule has 4 heteroatoms. The Labute approximate surface area is 110 Å². The van der Waals surface area contributed by atoms with Crippen molar-refractivity contribution in [3.05, 3.63) is 36.4 Å². The molecule has 0 aromatic heterocycles. The molecule has 0 saturated carbocycles. The van der Waals surface area contributed by atoms with E-state index in [1.165, 1.54) is 6.08 Å². The molecule has 2 N–H and O–H groups in total. The van der Waals surface area contributed by atoms with Crippen LogP contribution in [0.1, 0.15) is 20.8 Å². The smallest absolute Gasteiger partial charge is 0.176 e. The fourth-order valence-electron chi connectivity index (χ4n) is 0.801. The molecule has 3 nitrogen and oxygen atoms in total. The minimum Gasteiger partial charge on any atom is -0.347 e. The molecule has 0 aromatic rings. The fourth-order valence-corrected chi connectivity index (χ4v) is 0.801. The molecule has 0 amide bonds. The molecule has 0 aromatic carbocycles. The zero-order chi connectivity index (χ0) is 13.7. The molecule has 0 unspecified atom stereocenters. The Kier molecular flexibility index (Phi) is 14.8. The van der Waals surface area contributed by atoms with E-state index < -0.39 is 0 Å². The van der Waals surface area contributed by atoms with Crippen LogP contribution in [0.4, 0.5) is 0 Å². The van der Waals surface area contributed by atoms with Crippen molar-refractivity contribution in [1.82, 2.24) is 0 Å². The van der Waals surface area contributed by atoms with E-state index in [0.717, 1.165) is 0 Å². The normalized spacial score (nSPS) is 22.9. The molecular formula is C13H24ClNO2. The van der Waals surface area contributed by atoms with Crippen molar-refractivity contribution in [3.8, 4) is 0 Å². The summed E-state index contributed by atoms with van der Waals surface area (Å²) in [4.78, 5) is 0. The molecule has 1 aliphatic rings. The lowest BCUT2D eigenvalue weighted by Crippen LogP contribution is -2.40. The van der Waals surface area contributed by atoms with Gasteiger partial charge in [-0.1, -0.05) is 50.8 Å². The standard InChI is InChI=1S/C7H13NO2.C4H5Cl.C2H6/c1-2-3-7-9-4-6(8)5-10-7;1-3-4(2)5;1-2/h2-3,6-7H,4-5,8H2,1H3;3H,1-2H2;1-2H3/b3-2+;;. The zero-order valence-corrected chi connectivity index (χ0v) is 11.7. The van der Waals surface area contributed by atoms with E-state index in [1.807, 2.05) is 32.9 Å². The van der Waals surface area contributed by atoms with Crippen molar-refractivity contribution in [2.75, 3.05) is 13.2 Å². The number of rotatable bonds is 2. The van der Waals surface area contributed by atoms with Gasteiger partial charge in [0, 0.05) is 5.03 Å². The molecule has 1 rings (SSSR count). The van der Waals surface area contributed by atoms with Gasteiger partial charge in [-0.2, -0.15) is 0 Å². The summed E-state index contributed by atoms with van der Waals surface area (Å²) in [6, 6.07) is 0.0431. The molecule has 100 valence electrons. The zero-order valence-electron chi connectivity index (χ0n) is 11.0. The third-order valence-corrected chi connectivity index (χ3v) is 1.67. The molecule has 1 saturated heterocycles. The van der Waals surface area contributed by atoms with Crippen molar-refractivity contribution in [1.29, 1.82) is 0 Å². The van der Waals surface area contributed by atoms with Crippen molar-refractivity contribution < 1.29 is 9.47 Å². The van der Waals surface area contributed by atoms with Gasteiger partial charge in [-0.15, -0.1) is 0 Å². The summed E-state index contributed by atoms with van der Waals surface area (Å²) in [5.74, 6) is 0. The van der Waals surface area contributed by atoms with Crippen LogP contribution in [-0.2, 0) is 9.47 Å². The summed E-state index contributed by atoms with van der Waals surface area (Å²) in [5, 5.41) is 0.491. The molecule has 1 fully saturated rings. The van der Waals surface area contributed by atoms with Gasteiger partial charge in [-0.05, 0) is 13.0 Å². The Balaban J connectivity index is 0. The van der Waals surface area contributed by atoms with Crippen LogP contribution in [-0.4, -0.2) is 25.5 Å². The third-order valence-electron chi connectivity index (χ3n) is 1.52. The van der Waals surface area contributed by atoms with E-state index in [-0.39, 0.29) is 12.3 Å². The van der Waals surface area contributed by atoms with Crippen LogP contribution in [0.2, 0.25) is 0 Å². The molecule has 0 spiro atoms. The highest BCUT2D eigenvalue weighted by atomic mass is 35.5. The van der Waals surface area contributed by atoms with E-state index in [4.69, 9.17) is 26.8 Å². The Morgan fingerprint density at radius 1 is 1.35 bits per heavy atom. The van der Waals surface area contributed by atoms with Gasteiger partial charge < -0.3 is 15.2 Å².